The third-order valence-corrected chi connectivity index (χ3v) is 6.67. The Kier molecular flexibility index (Phi) is 6.95. The molecule has 0 N–H and O–H groups in total. The lowest BCUT2D eigenvalue weighted by Crippen LogP contribution is -2.43. The van der Waals surface area contributed by atoms with E-state index < -0.39 is 0 Å². The molecule has 0 spiro atoms. The van der Waals surface area contributed by atoms with Gasteiger partial charge in [-0.2, -0.15) is 0 Å². The molecule has 3 rings (SSSR count). The maximum Gasteiger partial charge on any atom is 0.225 e. The molecule has 2 aromatic rings. The molecular formula is C24H34N2OS. The van der Waals surface area contributed by atoms with Crippen molar-refractivity contribution in [3.63, 3.8) is 0 Å². The third kappa shape index (κ3) is 5.03. The van der Waals surface area contributed by atoms with E-state index in [0.29, 0.717) is 11.8 Å². The first-order valence-electron chi connectivity index (χ1n) is 10.5. The summed E-state index contributed by atoms with van der Waals surface area (Å²) in [7, 11) is 0. The second kappa shape index (κ2) is 9.23. The molecule has 152 valence electrons. The van der Waals surface area contributed by atoms with Gasteiger partial charge in [-0.05, 0) is 43.7 Å². The van der Waals surface area contributed by atoms with Gasteiger partial charge >= 0.3 is 0 Å². The van der Waals surface area contributed by atoms with Crippen molar-refractivity contribution in [3.8, 4) is 0 Å². The van der Waals surface area contributed by atoms with Crippen molar-refractivity contribution < 1.29 is 4.79 Å². The number of hydrogen-bond acceptors (Lipinski definition) is 3. The van der Waals surface area contributed by atoms with Crippen LogP contribution in [0.3, 0.4) is 0 Å². The minimum atomic E-state index is 0.0452. The van der Waals surface area contributed by atoms with Crippen molar-refractivity contribution >= 4 is 17.2 Å². The summed E-state index contributed by atoms with van der Waals surface area (Å²) in [5, 5.41) is 2.15. The fourth-order valence-electron chi connectivity index (χ4n) is 4.23. The van der Waals surface area contributed by atoms with Crippen LogP contribution in [0.15, 0.2) is 41.8 Å². The van der Waals surface area contributed by atoms with Crippen molar-refractivity contribution in [1.82, 2.24) is 9.80 Å². The van der Waals surface area contributed by atoms with Crippen LogP contribution in [0.1, 0.15) is 49.6 Å². The van der Waals surface area contributed by atoms with Gasteiger partial charge < -0.3 is 4.90 Å². The molecule has 1 aliphatic rings. The van der Waals surface area contributed by atoms with Crippen LogP contribution in [0.4, 0.5) is 0 Å². The number of benzene rings is 1. The first-order chi connectivity index (χ1) is 13.3. The predicted molar refractivity (Wildman–Crippen MR) is 119 cm³/mol. The molecule has 2 unspecified atom stereocenters. The van der Waals surface area contributed by atoms with Gasteiger partial charge in [0.25, 0.3) is 0 Å². The van der Waals surface area contributed by atoms with Gasteiger partial charge in [-0.3, -0.25) is 9.69 Å². The average molecular weight is 399 g/mol. The lowest BCUT2D eigenvalue weighted by atomic mass is 9.87. The maximum atomic E-state index is 12.8. The van der Waals surface area contributed by atoms with E-state index in [2.05, 4.69) is 72.3 Å². The molecule has 0 saturated carbocycles. The van der Waals surface area contributed by atoms with Crippen molar-refractivity contribution in [1.29, 1.82) is 0 Å². The van der Waals surface area contributed by atoms with Gasteiger partial charge in [-0.15, -0.1) is 11.3 Å². The lowest BCUT2D eigenvalue weighted by molar-refractivity contribution is -0.136. The Morgan fingerprint density at radius 3 is 2.43 bits per heavy atom. The molecule has 4 heteroatoms. The molecule has 2 atom stereocenters. The fraction of sp³-hybridized carbons (Fsp3) is 0.542. The first-order valence-corrected chi connectivity index (χ1v) is 11.3. The molecular weight excluding hydrogens is 364 g/mol. The van der Waals surface area contributed by atoms with Gasteiger partial charge in [0.15, 0.2) is 0 Å². The summed E-state index contributed by atoms with van der Waals surface area (Å²) < 4.78 is 0. The van der Waals surface area contributed by atoms with Crippen LogP contribution in [0, 0.1) is 18.8 Å². The number of carbonyl (C=O) groups is 1. The molecule has 1 aromatic carbocycles. The molecule has 0 radical (unpaired) electrons. The number of hydrogen-bond donors (Lipinski definition) is 0. The van der Waals surface area contributed by atoms with Crippen LogP contribution in [-0.2, 0) is 11.3 Å². The normalized spacial score (nSPS) is 20.2. The standard InChI is InChI=1S/C24H34N2OS/c1-17(2)24(27)26(18(3)4)14-21-13-25(15-22-7-6-12-28-22)16-23(21)20-10-8-19(5)9-11-20/h6-12,17-18,21,23H,13-16H2,1-5H3. The van der Waals surface area contributed by atoms with E-state index in [1.165, 1.54) is 16.0 Å². The van der Waals surface area contributed by atoms with Crippen molar-refractivity contribution in [2.75, 3.05) is 19.6 Å². The molecule has 1 fully saturated rings. The number of thiophene rings is 1. The summed E-state index contributed by atoms with van der Waals surface area (Å²) in [5.41, 5.74) is 2.71. The SMILES string of the molecule is Cc1ccc(C2CN(Cc3cccs3)CC2CN(C(=O)C(C)C)C(C)C)cc1. The average Bonchev–Trinajstić information content (AvgIpc) is 3.29. The largest absolute Gasteiger partial charge is 0.340 e. The van der Waals surface area contributed by atoms with Crippen LogP contribution in [0.5, 0.6) is 0 Å². The van der Waals surface area contributed by atoms with Gasteiger partial charge in [-0.25, -0.2) is 0 Å². The highest BCUT2D eigenvalue weighted by molar-refractivity contribution is 7.09. The van der Waals surface area contributed by atoms with E-state index in [1.54, 1.807) is 0 Å². The number of likely N-dealkylation sites (tertiary alicyclic amines) is 1. The number of rotatable bonds is 7. The quantitative estimate of drug-likeness (QED) is 0.643. The lowest BCUT2D eigenvalue weighted by Gasteiger charge is -2.33. The highest BCUT2D eigenvalue weighted by Gasteiger charge is 2.36. The number of nitrogens with zero attached hydrogens (tertiary/aromatic N) is 2. The molecule has 0 aliphatic carbocycles. The zero-order valence-corrected chi connectivity index (χ0v) is 18.7. The minimum Gasteiger partial charge on any atom is -0.340 e. The van der Waals surface area contributed by atoms with E-state index in [-0.39, 0.29) is 17.9 Å². The number of amides is 1. The van der Waals surface area contributed by atoms with Gasteiger partial charge in [0, 0.05) is 48.9 Å². The van der Waals surface area contributed by atoms with E-state index in [1.807, 2.05) is 25.2 Å². The first kappa shape index (κ1) is 21.1. The number of carbonyl (C=O) groups excluding carboxylic acids is 1. The molecule has 2 heterocycles. The number of aryl methyl sites for hydroxylation is 1. The van der Waals surface area contributed by atoms with E-state index in [0.717, 1.165) is 26.2 Å². The Morgan fingerprint density at radius 1 is 1.14 bits per heavy atom. The van der Waals surface area contributed by atoms with Crippen molar-refractivity contribution in [2.45, 2.75) is 53.1 Å². The summed E-state index contributed by atoms with van der Waals surface area (Å²) in [5.74, 6) is 1.26. The Balaban J connectivity index is 1.81. The topological polar surface area (TPSA) is 23.6 Å². The van der Waals surface area contributed by atoms with Gasteiger partial charge in [0.05, 0.1) is 0 Å². The van der Waals surface area contributed by atoms with E-state index in [9.17, 15) is 4.79 Å². The zero-order chi connectivity index (χ0) is 20.3. The Morgan fingerprint density at radius 2 is 1.86 bits per heavy atom. The molecule has 3 nitrogen and oxygen atoms in total. The van der Waals surface area contributed by atoms with Crippen LogP contribution >= 0.6 is 11.3 Å². The van der Waals surface area contributed by atoms with Crippen LogP contribution in [-0.4, -0.2) is 41.4 Å². The van der Waals surface area contributed by atoms with Crippen molar-refractivity contribution in [3.05, 3.63) is 57.8 Å². The molecule has 28 heavy (non-hydrogen) atoms. The van der Waals surface area contributed by atoms with Crippen LogP contribution < -0.4 is 0 Å². The molecule has 1 saturated heterocycles. The van der Waals surface area contributed by atoms with Gasteiger partial charge in [0.1, 0.15) is 0 Å². The smallest absolute Gasteiger partial charge is 0.225 e. The monoisotopic (exact) mass is 398 g/mol. The third-order valence-electron chi connectivity index (χ3n) is 5.81. The van der Waals surface area contributed by atoms with Crippen molar-refractivity contribution in [2.24, 2.45) is 11.8 Å². The summed E-state index contributed by atoms with van der Waals surface area (Å²) in [4.78, 5) is 18.9. The van der Waals surface area contributed by atoms with Crippen LogP contribution in [0.25, 0.3) is 0 Å². The molecule has 1 aliphatic heterocycles. The molecule has 0 bridgehead atoms. The van der Waals surface area contributed by atoms with Gasteiger partial charge in [0.2, 0.25) is 5.91 Å². The Hall–Kier alpha value is -1.65. The summed E-state index contributed by atoms with van der Waals surface area (Å²) in [6.45, 7) is 14.4. The second-order valence-corrected chi connectivity index (χ2v) is 9.82. The second-order valence-electron chi connectivity index (χ2n) is 8.79. The van der Waals surface area contributed by atoms with E-state index >= 15 is 0 Å². The Labute approximate surface area is 174 Å². The summed E-state index contributed by atoms with van der Waals surface area (Å²) in [6, 6.07) is 13.6. The fourth-order valence-corrected chi connectivity index (χ4v) is 4.97. The van der Waals surface area contributed by atoms with Gasteiger partial charge in [-0.1, -0.05) is 49.7 Å². The molecule has 1 aromatic heterocycles. The minimum absolute atomic E-state index is 0.0452. The predicted octanol–water partition coefficient (Wildman–Crippen LogP) is 5.17. The van der Waals surface area contributed by atoms with Crippen LogP contribution in [0.2, 0.25) is 0 Å². The zero-order valence-electron chi connectivity index (χ0n) is 17.9. The maximum absolute atomic E-state index is 12.8. The summed E-state index contributed by atoms with van der Waals surface area (Å²) in [6.07, 6.45) is 0. The molecule has 1 amide bonds. The Bertz CT molecular complexity index is 751. The highest BCUT2D eigenvalue weighted by atomic mass is 32.1. The highest BCUT2D eigenvalue weighted by Crippen LogP contribution is 2.35. The van der Waals surface area contributed by atoms with E-state index in [4.69, 9.17) is 0 Å². The summed E-state index contributed by atoms with van der Waals surface area (Å²) >= 11 is 1.83.